The number of carbonyl (C=O) groups is 2. The molecule has 2 N–H and O–H groups in total. The number of aryl methyl sites for hydroxylation is 1. The van der Waals surface area contributed by atoms with Crippen molar-refractivity contribution in [2.24, 2.45) is 7.05 Å². The number of aromatic carboxylic acids is 1. The molecule has 0 aliphatic carbocycles. The van der Waals surface area contributed by atoms with Crippen molar-refractivity contribution >= 4 is 41.1 Å². The molecule has 0 saturated heterocycles. The van der Waals surface area contributed by atoms with Crippen LogP contribution in [0.25, 0.3) is 6.08 Å². The van der Waals surface area contributed by atoms with Gasteiger partial charge in [-0.05, 0) is 41.6 Å². The van der Waals surface area contributed by atoms with Crippen molar-refractivity contribution in [3.63, 3.8) is 0 Å². The quantitative estimate of drug-likeness (QED) is 0.240. The summed E-state index contributed by atoms with van der Waals surface area (Å²) in [6, 6.07) is 11.8. The van der Waals surface area contributed by atoms with Gasteiger partial charge in [0.1, 0.15) is 11.6 Å². The van der Waals surface area contributed by atoms with Gasteiger partial charge >= 0.3 is 5.97 Å². The van der Waals surface area contributed by atoms with Gasteiger partial charge in [-0.25, -0.2) is 9.78 Å². The van der Waals surface area contributed by atoms with Crippen LogP contribution in [0, 0.1) is 21.4 Å². The topological polar surface area (TPSA) is 151 Å². The third-order valence-corrected chi connectivity index (χ3v) is 5.38. The second kappa shape index (κ2) is 9.59. The first-order chi connectivity index (χ1) is 15.3. The van der Waals surface area contributed by atoms with E-state index in [-0.39, 0.29) is 28.1 Å². The van der Waals surface area contributed by atoms with Gasteiger partial charge in [0.05, 0.1) is 21.1 Å². The van der Waals surface area contributed by atoms with E-state index in [4.69, 9.17) is 0 Å². The number of hydrogen-bond acceptors (Lipinski definition) is 7. The number of nitro benzene ring substituents is 1. The van der Waals surface area contributed by atoms with E-state index in [2.05, 4.69) is 10.3 Å². The number of para-hydroxylation sites is 1. The minimum absolute atomic E-state index is 0.0268. The normalized spacial score (nSPS) is 10.9. The molecule has 1 aromatic heterocycles. The van der Waals surface area contributed by atoms with Gasteiger partial charge in [0.25, 0.3) is 11.6 Å². The molecule has 0 aliphatic heterocycles. The number of benzene rings is 2. The van der Waals surface area contributed by atoms with Crippen molar-refractivity contribution in [2.45, 2.75) is 10.1 Å². The van der Waals surface area contributed by atoms with Crippen LogP contribution >= 0.6 is 11.8 Å². The third kappa shape index (κ3) is 5.00. The van der Waals surface area contributed by atoms with Crippen LogP contribution in [0.15, 0.2) is 70.5 Å². The van der Waals surface area contributed by atoms with Crippen molar-refractivity contribution in [1.82, 2.24) is 9.55 Å². The Morgan fingerprint density at radius 1 is 1.31 bits per heavy atom. The van der Waals surface area contributed by atoms with Crippen LogP contribution in [0.5, 0.6) is 0 Å². The zero-order chi connectivity index (χ0) is 23.3. The summed E-state index contributed by atoms with van der Waals surface area (Å²) in [6.45, 7) is 0. The monoisotopic (exact) mass is 449 g/mol. The SMILES string of the molecule is Cn1ccnc1Sc1ccc(/C=C(/C#N)C(=O)Nc2ccccc2C(=O)O)cc1[N+](=O)[O-]. The van der Waals surface area contributed by atoms with Crippen molar-refractivity contribution in [2.75, 3.05) is 5.32 Å². The predicted octanol–water partition coefficient (Wildman–Crippen LogP) is 3.72. The molecular weight excluding hydrogens is 434 g/mol. The number of nitro groups is 1. The van der Waals surface area contributed by atoms with E-state index in [1.807, 2.05) is 0 Å². The minimum Gasteiger partial charge on any atom is -0.478 e. The van der Waals surface area contributed by atoms with E-state index in [1.165, 1.54) is 42.5 Å². The van der Waals surface area contributed by atoms with Crippen LogP contribution in [0.3, 0.4) is 0 Å². The van der Waals surface area contributed by atoms with Crippen LogP contribution < -0.4 is 5.32 Å². The summed E-state index contributed by atoms with van der Waals surface area (Å²) < 4.78 is 1.72. The summed E-state index contributed by atoms with van der Waals surface area (Å²) in [5, 5.41) is 33.1. The Bertz CT molecular complexity index is 1290. The number of carbonyl (C=O) groups excluding carboxylic acids is 1. The highest BCUT2D eigenvalue weighted by Gasteiger charge is 2.19. The Hall–Kier alpha value is -4.43. The zero-order valence-corrected chi connectivity index (χ0v) is 17.4. The smallest absolute Gasteiger partial charge is 0.337 e. The number of anilines is 1. The molecule has 1 amide bonds. The molecule has 0 atom stereocenters. The summed E-state index contributed by atoms with van der Waals surface area (Å²) in [6.07, 6.45) is 4.48. The van der Waals surface area contributed by atoms with E-state index in [1.54, 1.807) is 36.1 Å². The number of carboxylic acid groups (broad SMARTS) is 1. The Balaban J connectivity index is 1.90. The maximum atomic E-state index is 12.5. The number of carboxylic acids is 1. The fourth-order valence-corrected chi connectivity index (χ4v) is 3.57. The van der Waals surface area contributed by atoms with Gasteiger partial charge in [-0.2, -0.15) is 5.26 Å². The highest BCUT2D eigenvalue weighted by molar-refractivity contribution is 7.99. The fourth-order valence-electron chi connectivity index (χ4n) is 2.69. The largest absolute Gasteiger partial charge is 0.478 e. The number of aromatic nitrogens is 2. The maximum Gasteiger partial charge on any atom is 0.337 e. The van der Waals surface area contributed by atoms with Crippen molar-refractivity contribution in [3.8, 4) is 6.07 Å². The average molecular weight is 449 g/mol. The molecular formula is C21H15N5O5S. The lowest BCUT2D eigenvalue weighted by atomic mass is 10.1. The van der Waals surface area contributed by atoms with Crippen LogP contribution in [0.2, 0.25) is 0 Å². The standard InChI is InChI=1S/C21H15N5O5S/c1-25-9-8-23-21(25)32-18-7-6-13(11-17(18)26(30)31)10-14(12-22)19(27)24-16-5-3-2-4-15(16)20(28)29/h2-11H,1H3,(H,24,27)(H,28,29)/b14-10-. The van der Waals surface area contributed by atoms with E-state index in [9.17, 15) is 30.1 Å². The Kier molecular flexibility index (Phi) is 6.67. The summed E-state index contributed by atoms with van der Waals surface area (Å²) in [5.74, 6) is -2.07. The van der Waals surface area contributed by atoms with Gasteiger partial charge in [0, 0.05) is 25.5 Å². The Morgan fingerprint density at radius 3 is 2.69 bits per heavy atom. The molecule has 2 aromatic carbocycles. The van der Waals surface area contributed by atoms with Gasteiger partial charge in [-0.3, -0.25) is 14.9 Å². The molecule has 0 spiro atoms. The molecule has 0 aliphatic rings. The molecule has 0 bridgehead atoms. The summed E-state index contributed by atoms with van der Waals surface area (Å²) in [7, 11) is 1.76. The van der Waals surface area contributed by atoms with Gasteiger partial charge in [-0.15, -0.1) is 0 Å². The zero-order valence-electron chi connectivity index (χ0n) is 16.6. The number of amides is 1. The molecule has 0 radical (unpaired) electrons. The van der Waals surface area contributed by atoms with Crippen LogP contribution in [0.1, 0.15) is 15.9 Å². The molecule has 11 heteroatoms. The number of hydrogen-bond donors (Lipinski definition) is 2. The van der Waals surface area contributed by atoms with E-state index < -0.39 is 16.8 Å². The molecule has 3 rings (SSSR count). The lowest BCUT2D eigenvalue weighted by molar-refractivity contribution is -0.387. The summed E-state index contributed by atoms with van der Waals surface area (Å²) in [4.78, 5) is 39.3. The van der Waals surface area contributed by atoms with Crippen LogP contribution in [-0.4, -0.2) is 31.5 Å². The number of imidazole rings is 1. The lowest BCUT2D eigenvalue weighted by Crippen LogP contribution is -2.16. The van der Waals surface area contributed by atoms with Gasteiger partial charge in [0.2, 0.25) is 0 Å². The van der Waals surface area contributed by atoms with Gasteiger partial charge in [-0.1, -0.05) is 18.2 Å². The number of nitriles is 1. The van der Waals surface area contributed by atoms with Crippen molar-refractivity contribution < 1.29 is 19.6 Å². The number of rotatable bonds is 7. The molecule has 0 saturated carbocycles. The van der Waals surface area contributed by atoms with E-state index >= 15 is 0 Å². The highest BCUT2D eigenvalue weighted by atomic mass is 32.2. The van der Waals surface area contributed by atoms with Crippen LogP contribution in [0.4, 0.5) is 11.4 Å². The molecule has 0 unspecified atom stereocenters. The molecule has 3 aromatic rings. The fraction of sp³-hybridized carbons (Fsp3) is 0.0476. The minimum atomic E-state index is -1.24. The first-order valence-corrected chi connectivity index (χ1v) is 9.81. The van der Waals surface area contributed by atoms with Crippen LogP contribution in [-0.2, 0) is 11.8 Å². The molecule has 32 heavy (non-hydrogen) atoms. The summed E-state index contributed by atoms with van der Waals surface area (Å²) >= 11 is 1.11. The van der Waals surface area contributed by atoms with Gasteiger partial charge < -0.3 is 15.0 Å². The second-order valence-electron chi connectivity index (χ2n) is 6.38. The molecule has 10 nitrogen and oxygen atoms in total. The number of nitrogens with one attached hydrogen (secondary N) is 1. The highest BCUT2D eigenvalue weighted by Crippen LogP contribution is 2.34. The molecule has 1 heterocycles. The third-order valence-electron chi connectivity index (χ3n) is 4.24. The average Bonchev–Trinajstić information content (AvgIpc) is 3.17. The van der Waals surface area contributed by atoms with Crippen molar-refractivity contribution in [1.29, 1.82) is 5.26 Å². The van der Waals surface area contributed by atoms with E-state index in [0.29, 0.717) is 10.1 Å². The molecule has 0 fully saturated rings. The number of nitrogens with zero attached hydrogens (tertiary/aromatic N) is 4. The Morgan fingerprint density at radius 2 is 2.06 bits per heavy atom. The van der Waals surface area contributed by atoms with Gasteiger partial charge in [0.15, 0.2) is 5.16 Å². The van der Waals surface area contributed by atoms with E-state index in [0.717, 1.165) is 11.8 Å². The second-order valence-corrected chi connectivity index (χ2v) is 7.39. The predicted molar refractivity (Wildman–Crippen MR) is 116 cm³/mol. The first kappa shape index (κ1) is 22.3. The maximum absolute atomic E-state index is 12.5. The van der Waals surface area contributed by atoms with Crippen molar-refractivity contribution in [3.05, 3.63) is 81.7 Å². The lowest BCUT2D eigenvalue weighted by Gasteiger charge is -2.08. The summed E-state index contributed by atoms with van der Waals surface area (Å²) in [5.41, 5.74) is -0.396. The molecule has 160 valence electrons. The first-order valence-electron chi connectivity index (χ1n) is 8.99. The Labute approximate surface area is 186 Å².